The van der Waals surface area contributed by atoms with Crippen molar-refractivity contribution in [2.45, 2.75) is 56.8 Å². The lowest BCUT2D eigenvalue weighted by atomic mass is 9.86. The Kier molecular flexibility index (Phi) is 8.21. The molecule has 0 bridgehead atoms. The number of likely N-dealkylation sites (tertiary alicyclic amines) is 1. The average molecular weight is 581 g/mol. The summed E-state index contributed by atoms with van der Waals surface area (Å²) in [5.41, 5.74) is 1.09. The SMILES string of the molecule is O=C(Nc1ccc(CC(=O)N2CCC[C@]2(F)C(=O)N[C@H]2CC[C@H](C(=O)O)CC2)cc1Cl)c1nccc2ccccc12. The zero-order valence-electron chi connectivity index (χ0n) is 22.2. The van der Waals surface area contributed by atoms with Gasteiger partial charge < -0.3 is 20.6 Å². The second-order valence-electron chi connectivity index (χ2n) is 10.6. The van der Waals surface area contributed by atoms with Gasteiger partial charge >= 0.3 is 5.97 Å². The number of carbonyl (C=O) groups is 4. The maximum Gasteiger partial charge on any atom is 0.306 e. The molecule has 9 nitrogen and oxygen atoms in total. The first-order chi connectivity index (χ1) is 19.7. The number of fused-ring (bicyclic) bond motifs is 1. The summed E-state index contributed by atoms with van der Waals surface area (Å²) in [4.78, 5) is 55.4. The van der Waals surface area contributed by atoms with Crippen LogP contribution >= 0.6 is 11.6 Å². The lowest BCUT2D eigenvalue weighted by Crippen LogP contribution is -2.57. The molecule has 1 saturated carbocycles. The summed E-state index contributed by atoms with van der Waals surface area (Å²) in [5, 5.41) is 16.4. The van der Waals surface area contributed by atoms with Crippen molar-refractivity contribution in [3.05, 3.63) is 71.0 Å². The minimum Gasteiger partial charge on any atom is -0.481 e. The van der Waals surface area contributed by atoms with Crippen LogP contribution in [-0.2, 0) is 20.8 Å². The van der Waals surface area contributed by atoms with Crippen LogP contribution in [0.2, 0.25) is 5.02 Å². The third kappa shape index (κ3) is 6.02. The van der Waals surface area contributed by atoms with Crippen molar-refractivity contribution in [3.63, 3.8) is 0 Å². The summed E-state index contributed by atoms with van der Waals surface area (Å²) in [7, 11) is 0. The van der Waals surface area contributed by atoms with E-state index in [2.05, 4.69) is 15.6 Å². The van der Waals surface area contributed by atoms with Gasteiger partial charge in [0.15, 0.2) is 0 Å². The van der Waals surface area contributed by atoms with Crippen LogP contribution in [0.1, 0.15) is 54.6 Å². The molecule has 3 N–H and O–H groups in total. The zero-order chi connectivity index (χ0) is 29.1. The van der Waals surface area contributed by atoms with Crippen LogP contribution in [0.25, 0.3) is 10.8 Å². The number of pyridine rings is 1. The number of nitrogens with one attached hydrogen (secondary N) is 2. The molecule has 2 aliphatic rings. The molecule has 2 aromatic carbocycles. The number of benzene rings is 2. The van der Waals surface area contributed by atoms with Gasteiger partial charge in [-0.05, 0) is 61.3 Å². The topological polar surface area (TPSA) is 129 Å². The van der Waals surface area contributed by atoms with Crippen LogP contribution < -0.4 is 10.6 Å². The summed E-state index contributed by atoms with van der Waals surface area (Å²) in [6.45, 7) is 0.106. The molecule has 214 valence electrons. The lowest BCUT2D eigenvalue weighted by molar-refractivity contribution is -0.156. The number of aliphatic carboxylic acids is 1. The highest BCUT2D eigenvalue weighted by Gasteiger charge is 2.50. The van der Waals surface area contributed by atoms with E-state index in [9.17, 15) is 19.2 Å². The molecule has 0 radical (unpaired) electrons. The molecule has 11 heteroatoms. The van der Waals surface area contributed by atoms with E-state index in [0.717, 1.165) is 10.3 Å². The van der Waals surface area contributed by atoms with Crippen molar-refractivity contribution in [1.29, 1.82) is 0 Å². The van der Waals surface area contributed by atoms with Gasteiger partial charge in [0.25, 0.3) is 17.6 Å². The van der Waals surface area contributed by atoms with Gasteiger partial charge in [-0.3, -0.25) is 24.2 Å². The number of aromatic nitrogens is 1. The van der Waals surface area contributed by atoms with Crippen molar-refractivity contribution >= 4 is 51.8 Å². The van der Waals surface area contributed by atoms with Gasteiger partial charge in [-0.1, -0.05) is 41.9 Å². The Hall–Kier alpha value is -4.05. The van der Waals surface area contributed by atoms with Gasteiger partial charge in [-0.15, -0.1) is 0 Å². The van der Waals surface area contributed by atoms with E-state index in [1.54, 1.807) is 24.4 Å². The molecule has 3 aromatic rings. The van der Waals surface area contributed by atoms with Gasteiger partial charge in [0.1, 0.15) is 5.69 Å². The van der Waals surface area contributed by atoms with Crippen LogP contribution in [0, 0.1) is 5.92 Å². The molecule has 1 aromatic heterocycles. The van der Waals surface area contributed by atoms with E-state index in [4.69, 9.17) is 16.7 Å². The predicted octanol–water partition coefficient (Wildman–Crippen LogP) is 4.73. The molecule has 2 heterocycles. The number of anilines is 1. The fraction of sp³-hybridized carbons (Fsp3) is 0.367. The molecule has 1 aliphatic carbocycles. The number of carboxylic acid groups (broad SMARTS) is 1. The van der Waals surface area contributed by atoms with Gasteiger partial charge in [-0.25, -0.2) is 4.39 Å². The molecule has 1 saturated heterocycles. The van der Waals surface area contributed by atoms with Crippen molar-refractivity contribution in [2.75, 3.05) is 11.9 Å². The Bertz CT molecular complexity index is 1500. The number of carbonyl (C=O) groups excluding carboxylic acids is 3. The van der Waals surface area contributed by atoms with E-state index >= 15 is 4.39 Å². The van der Waals surface area contributed by atoms with Crippen LogP contribution in [0.15, 0.2) is 54.7 Å². The number of hydrogen-bond acceptors (Lipinski definition) is 5. The highest BCUT2D eigenvalue weighted by Crippen LogP contribution is 2.34. The molecule has 1 atom stereocenters. The molecule has 5 rings (SSSR count). The first-order valence-corrected chi connectivity index (χ1v) is 14.0. The first kappa shape index (κ1) is 28.5. The second-order valence-corrected chi connectivity index (χ2v) is 11.0. The van der Waals surface area contributed by atoms with Crippen LogP contribution in [-0.4, -0.2) is 57.1 Å². The molecular weight excluding hydrogens is 551 g/mol. The smallest absolute Gasteiger partial charge is 0.306 e. The maximum absolute atomic E-state index is 16.0. The summed E-state index contributed by atoms with van der Waals surface area (Å²) >= 11 is 6.43. The number of nitrogens with zero attached hydrogens (tertiary/aromatic N) is 2. The van der Waals surface area contributed by atoms with E-state index < -0.39 is 35.4 Å². The van der Waals surface area contributed by atoms with Crippen molar-refractivity contribution in [3.8, 4) is 0 Å². The second kappa shape index (κ2) is 11.8. The van der Waals surface area contributed by atoms with Crippen LogP contribution in [0.3, 0.4) is 0 Å². The number of alkyl halides is 1. The standard InChI is InChI=1S/C30H30ClFN4O5/c31-23-16-18(6-11-24(23)35-27(38)26-22-5-2-1-4-19(22)12-14-33-26)17-25(37)36-15-3-13-30(36,32)29(41)34-21-9-7-20(8-10-21)28(39)40/h1-2,4-6,11-12,14,16,20-21H,3,7-10,13,15,17H2,(H,34,41)(H,35,38)(H,39,40)/t20-,21-,30-/m1/s1. The molecule has 2 fully saturated rings. The molecular formula is C30H30ClFN4O5. The number of carboxylic acids is 1. The highest BCUT2D eigenvalue weighted by molar-refractivity contribution is 6.34. The van der Waals surface area contributed by atoms with Gasteiger partial charge in [0, 0.05) is 30.6 Å². The zero-order valence-corrected chi connectivity index (χ0v) is 23.0. The number of rotatable bonds is 7. The molecule has 3 amide bonds. The number of halogens is 2. The van der Waals surface area contributed by atoms with Crippen LogP contribution in [0.5, 0.6) is 0 Å². The third-order valence-corrected chi connectivity index (χ3v) is 8.22. The Morgan fingerprint density at radius 2 is 1.83 bits per heavy atom. The maximum atomic E-state index is 16.0. The minimum atomic E-state index is -2.47. The Balaban J connectivity index is 1.22. The fourth-order valence-corrected chi connectivity index (χ4v) is 5.90. The Morgan fingerprint density at radius 1 is 1.07 bits per heavy atom. The molecule has 41 heavy (non-hydrogen) atoms. The number of amides is 3. The molecule has 0 spiro atoms. The summed E-state index contributed by atoms with van der Waals surface area (Å²) < 4.78 is 16.0. The predicted molar refractivity (Wildman–Crippen MR) is 151 cm³/mol. The summed E-state index contributed by atoms with van der Waals surface area (Å²) in [5.74, 6) is -5.63. The van der Waals surface area contributed by atoms with E-state index in [1.165, 1.54) is 6.07 Å². The first-order valence-electron chi connectivity index (χ1n) is 13.6. The monoisotopic (exact) mass is 580 g/mol. The van der Waals surface area contributed by atoms with Gasteiger partial charge in [0.2, 0.25) is 5.91 Å². The van der Waals surface area contributed by atoms with E-state index in [-0.39, 0.29) is 36.1 Å². The van der Waals surface area contributed by atoms with Crippen molar-refractivity contribution in [1.82, 2.24) is 15.2 Å². The van der Waals surface area contributed by atoms with Crippen LogP contribution in [0.4, 0.5) is 10.1 Å². The van der Waals surface area contributed by atoms with E-state index in [0.29, 0.717) is 48.7 Å². The highest BCUT2D eigenvalue weighted by atomic mass is 35.5. The minimum absolute atomic E-state index is 0.106. The normalized spacial score (nSPS) is 22.3. The van der Waals surface area contributed by atoms with Gasteiger partial charge in [0.05, 0.1) is 23.0 Å². The van der Waals surface area contributed by atoms with Crippen molar-refractivity contribution < 1.29 is 28.7 Å². The fourth-order valence-electron chi connectivity index (χ4n) is 5.64. The lowest BCUT2D eigenvalue weighted by Gasteiger charge is -2.33. The largest absolute Gasteiger partial charge is 0.481 e. The average Bonchev–Trinajstić information content (AvgIpc) is 3.37. The third-order valence-electron chi connectivity index (χ3n) is 7.90. The van der Waals surface area contributed by atoms with Crippen molar-refractivity contribution in [2.24, 2.45) is 5.92 Å². The Labute approximate surface area is 241 Å². The quantitative estimate of drug-likeness (QED) is 0.347. The van der Waals surface area contributed by atoms with E-state index in [1.807, 2.05) is 24.3 Å². The molecule has 1 aliphatic heterocycles. The summed E-state index contributed by atoms with van der Waals surface area (Å²) in [6.07, 6.45) is 3.34. The van der Waals surface area contributed by atoms with Gasteiger partial charge in [-0.2, -0.15) is 0 Å². The summed E-state index contributed by atoms with van der Waals surface area (Å²) in [6, 6.07) is 13.6. The number of hydrogen-bond donors (Lipinski definition) is 3. The molecule has 0 unspecified atom stereocenters. The Morgan fingerprint density at radius 3 is 2.56 bits per heavy atom.